The van der Waals surface area contributed by atoms with Crippen molar-refractivity contribution in [2.24, 2.45) is 11.7 Å². The third-order valence-electron chi connectivity index (χ3n) is 5.29. The maximum absolute atomic E-state index is 12.8. The largest absolute Gasteiger partial charge is 0.378 e. The van der Waals surface area contributed by atoms with Gasteiger partial charge < -0.3 is 15.4 Å². The van der Waals surface area contributed by atoms with Crippen LogP contribution >= 0.6 is 12.4 Å². The van der Waals surface area contributed by atoms with Gasteiger partial charge in [-0.1, -0.05) is 12.8 Å². The molecule has 0 bridgehead atoms. The van der Waals surface area contributed by atoms with E-state index in [2.05, 4.69) is 0 Å². The molecule has 1 amide bonds. The molecule has 2 rings (SSSR count). The highest BCUT2D eigenvalue weighted by Gasteiger charge is 2.41. The van der Waals surface area contributed by atoms with E-state index < -0.39 is 15.6 Å². The molecule has 2 N–H and O–H groups in total. The van der Waals surface area contributed by atoms with Crippen LogP contribution in [0.5, 0.6) is 0 Å². The van der Waals surface area contributed by atoms with Crippen LogP contribution in [0.4, 0.5) is 0 Å². The van der Waals surface area contributed by atoms with E-state index in [9.17, 15) is 13.2 Å². The number of nitrogens with zero attached hydrogens (tertiary/aromatic N) is 2. The highest BCUT2D eigenvalue weighted by molar-refractivity contribution is 7.89. The Balaban J connectivity index is 0.00000338. The topological polar surface area (TPSA) is 92.9 Å². The van der Waals surface area contributed by atoms with Gasteiger partial charge in [0.1, 0.15) is 0 Å². The molecule has 1 saturated carbocycles. The fraction of sp³-hybridized carbons (Fsp3) is 0.941. The van der Waals surface area contributed by atoms with E-state index in [0.717, 1.165) is 25.7 Å². The predicted octanol–water partition coefficient (Wildman–Crippen LogP) is 1.21. The summed E-state index contributed by atoms with van der Waals surface area (Å²) in [5, 5.41) is 0. The van der Waals surface area contributed by atoms with Crippen molar-refractivity contribution >= 4 is 28.3 Å². The van der Waals surface area contributed by atoms with Gasteiger partial charge in [0.05, 0.1) is 24.4 Å². The number of nitrogens with two attached hydrogens (primary N) is 1. The van der Waals surface area contributed by atoms with Crippen molar-refractivity contribution in [3.63, 3.8) is 0 Å². The molecule has 1 heterocycles. The maximum Gasteiger partial charge on any atom is 0.227 e. The number of sulfonamides is 1. The molecular weight excluding hydrogens is 378 g/mol. The highest BCUT2D eigenvalue weighted by Crippen LogP contribution is 2.33. The van der Waals surface area contributed by atoms with Crippen molar-refractivity contribution in [1.82, 2.24) is 9.21 Å². The molecule has 0 radical (unpaired) electrons. The van der Waals surface area contributed by atoms with Gasteiger partial charge in [-0.2, -0.15) is 4.31 Å². The summed E-state index contributed by atoms with van der Waals surface area (Å²) in [5.74, 6) is -0.0726. The number of halogens is 1. The van der Waals surface area contributed by atoms with E-state index in [0.29, 0.717) is 26.2 Å². The van der Waals surface area contributed by atoms with Crippen LogP contribution in [0.3, 0.4) is 0 Å². The number of ether oxygens (including phenoxy) is 1. The van der Waals surface area contributed by atoms with Crippen LogP contribution in [0.1, 0.15) is 46.5 Å². The Morgan fingerprint density at radius 3 is 2.38 bits per heavy atom. The van der Waals surface area contributed by atoms with Crippen LogP contribution < -0.4 is 5.73 Å². The fourth-order valence-electron chi connectivity index (χ4n) is 3.69. The first kappa shape index (κ1) is 23.6. The standard InChI is InChI=1S/C17H33N3O4S.ClH/c1-14(2)24-12-13-25(22,23)20-10-8-19(9-11-20)16(21)15-6-4-5-7-17(15,3)18;/h14-15H,4-13,18H2,1-3H3;1H. The molecule has 2 unspecified atom stereocenters. The molecule has 0 aromatic heterocycles. The Morgan fingerprint density at radius 1 is 1.23 bits per heavy atom. The van der Waals surface area contributed by atoms with E-state index in [1.165, 1.54) is 4.31 Å². The molecule has 2 atom stereocenters. The lowest BCUT2D eigenvalue weighted by atomic mass is 9.74. The summed E-state index contributed by atoms with van der Waals surface area (Å²) >= 11 is 0. The Kier molecular flexibility index (Phi) is 8.80. The van der Waals surface area contributed by atoms with Gasteiger partial charge in [0.15, 0.2) is 0 Å². The lowest BCUT2D eigenvalue weighted by molar-refractivity contribution is -0.140. The molecule has 26 heavy (non-hydrogen) atoms. The molecule has 0 aromatic rings. The number of carbonyl (C=O) groups is 1. The summed E-state index contributed by atoms with van der Waals surface area (Å²) in [6, 6.07) is 0. The van der Waals surface area contributed by atoms with Crippen molar-refractivity contribution < 1.29 is 17.9 Å². The minimum absolute atomic E-state index is 0. The normalized spacial score (nSPS) is 28.0. The predicted molar refractivity (Wildman–Crippen MR) is 105 cm³/mol. The van der Waals surface area contributed by atoms with E-state index >= 15 is 0 Å². The van der Waals surface area contributed by atoms with Gasteiger partial charge in [-0.05, 0) is 33.6 Å². The SMILES string of the molecule is CC(C)OCCS(=O)(=O)N1CCN(C(=O)C2CCCCC2(C)N)CC1.Cl. The highest BCUT2D eigenvalue weighted by atomic mass is 35.5. The maximum atomic E-state index is 12.8. The Bertz CT molecular complexity index is 560. The molecule has 1 aliphatic heterocycles. The second-order valence-corrected chi connectivity index (χ2v) is 9.85. The quantitative estimate of drug-likeness (QED) is 0.709. The van der Waals surface area contributed by atoms with Crippen molar-refractivity contribution in [2.45, 2.75) is 58.1 Å². The summed E-state index contributed by atoms with van der Waals surface area (Å²) < 4.78 is 31.6. The zero-order valence-electron chi connectivity index (χ0n) is 16.1. The fourth-order valence-corrected chi connectivity index (χ4v) is 4.97. The molecule has 0 aromatic carbocycles. The van der Waals surface area contributed by atoms with Crippen LogP contribution in [0, 0.1) is 5.92 Å². The van der Waals surface area contributed by atoms with Gasteiger partial charge in [-0.3, -0.25) is 4.79 Å². The van der Waals surface area contributed by atoms with Crippen molar-refractivity contribution in [2.75, 3.05) is 38.5 Å². The van der Waals surface area contributed by atoms with Gasteiger partial charge in [0.2, 0.25) is 15.9 Å². The summed E-state index contributed by atoms with van der Waals surface area (Å²) in [7, 11) is -3.33. The smallest absolute Gasteiger partial charge is 0.227 e. The van der Waals surface area contributed by atoms with Gasteiger partial charge in [-0.15, -0.1) is 12.4 Å². The molecule has 1 aliphatic carbocycles. The Hall–Kier alpha value is -0.410. The molecule has 2 fully saturated rings. The molecule has 2 aliphatic rings. The van der Waals surface area contributed by atoms with Gasteiger partial charge in [0, 0.05) is 31.7 Å². The van der Waals surface area contributed by atoms with E-state index in [-0.39, 0.29) is 42.7 Å². The van der Waals surface area contributed by atoms with E-state index in [4.69, 9.17) is 10.5 Å². The number of hydrogen-bond acceptors (Lipinski definition) is 5. The Labute approximate surface area is 164 Å². The molecule has 1 saturated heterocycles. The van der Waals surface area contributed by atoms with Gasteiger partial charge in [0.25, 0.3) is 0 Å². The zero-order chi connectivity index (χ0) is 18.7. The number of rotatable bonds is 6. The van der Waals surface area contributed by atoms with Crippen LogP contribution in [0.2, 0.25) is 0 Å². The first-order chi connectivity index (χ1) is 11.6. The molecule has 154 valence electrons. The first-order valence-electron chi connectivity index (χ1n) is 9.30. The summed E-state index contributed by atoms with van der Waals surface area (Å²) in [6.07, 6.45) is 3.82. The van der Waals surface area contributed by atoms with Crippen molar-refractivity contribution in [3.05, 3.63) is 0 Å². The minimum atomic E-state index is -3.33. The second kappa shape index (κ2) is 9.68. The van der Waals surface area contributed by atoms with Crippen molar-refractivity contribution in [3.8, 4) is 0 Å². The monoisotopic (exact) mass is 411 g/mol. The minimum Gasteiger partial charge on any atom is -0.378 e. The zero-order valence-corrected chi connectivity index (χ0v) is 17.8. The van der Waals surface area contributed by atoms with Crippen LogP contribution in [0.25, 0.3) is 0 Å². The van der Waals surface area contributed by atoms with Crippen molar-refractivity contribution in [1.29, 1.82) is 0 Å². The number of piperazine rings is 1. The first-order valence-corrected chi connectivity index (χ1v) is 10.9. The van der Waals surface area contributed by atoms with Crippen LogP contribution in [-0.2, 0) is 19.6 Å². The molecule has 7 nitrogen and oxygen atoms in total. The summed E-state index contributed by atoms with van der Waals surface area (Å²) in [4.78, 5) is 14.6. The molecule has 0 spiro atoms. The average Bonchev–Trinajstić information content (AvgIpc) is 2.53. The lowest BCUT2D eigenvalue weighted by Gasteiger charge is -2.42. The van der Waals surface area contributed by atoms with Gasteiger partial charge >= 0.3 is 0 Å². The van der Waals surface area contributed by atoms with Gasteiger partial charge in [-0.25, -0.2) is 8.42 Å². The summed E-state index contributed by atoms with van der Waals surface area (Å²) in [6.45, 7) is 7.51. The van der Waals surface area contributed by atoms with E-state index in [1.54, 1.807) is 4.90 Å². The number of hydrogen-bond donors (Lipinski definition) is 1. The third kappa shape index (κ3) is 6.05. The number of amides is 1. The van der Waals surface area contributed by atoms with Crippen LogP contribution in [-0.4, -0.2) is 73.7 Å². The second-order valence-electron chi connectivity index (χ2n) is 7.76. The average molecular weight is 412 g/mol. The summed E-state index contributed by atoms with van der Waals surface area (Å²) in [5.41, 5.74) is 5.89. The Morgan fingerprint density at radius 2 is 1.85 bits per heavy atom. The van der Waals surface area contributed by atoms with E-state index in [1.807, 2.05) is 20.8 Å². The molecular formula is C17H34ClN3O4S. The lowest BCUT2D eigenvalue weighted by Crippen LogP contribution is -2.58. The van der Waals surface area contributed by atoms with Crippen LogP contribution in [0.15, 0.2) is 0 Å². The number of carbonyl (C=O) groups excluding carboxylic acids is 1. The third-order valence-corrected chi connectivity index (χ3v) is 7.12. The molecule has 9 heteroatoms.